The third kappa shape index (κ3) is 2.61. The van der Waals surface area contributed by atoms with E-state index in [1.165, 1.54) is 0 Å². The number of nitrogens with one attached hydrogen (secondary N) is 1. The Labute approximate surface area is 111 Å². The van der Waals surface area contributed by atoms with E-state index < -0.39 is 40.4 Å². The summed E-state index contributed by atoms with van der Waals surface area (Å²) in [6.45, 7) is 0.429. The van der Waals surface area contributed by atoms with E-state index in [9.17, 15) is 22.4 Å². The van der Waals surface area contributed by atoms with Crippen LogP contribution in [0.4, 0.5) is 23.2 Å². The number of amides is 1. The molecule has 1 aliphatic rings. The van der Waals surface area contributed by atoms with Crippen LogP contribution in [0.25, 0.3) is 0 Å². The Hall–Kier alpha value is -1.67. The molecule has 1 amide bonds. The van der Waals surface area contributed by atoms with Gasteiger partial charge in [0.05, 0.1) is 0 Å². The van der Waals surface area contributed by atoms with Crippen LogP contribution < -0.4 is 11.1 Å². The lowest BCUT2D eigenvalue weighted by Gasteiger charge is -2.31. The van der Waals surface area contributed by atoms with E-state index in [0.29, 0.717) is 0 Å². The molecule has 1 saturated heterocycles. The molecule has 20 heavy (non-hydrogen) atoms. The summed E-state index contributed by atoms with van der Waals surface area (Å²) in [7, 11) is 0. The van der Waals surface area contributed by atoms with Gasteiger partial charge >= 0.3 is 0 Å². The quantitative estimate of drug-likeness (QED) is 0.644. The van der Waals surface area contributed by atoms with Crippen molar-refractivity contribution in [2.24, 2.45) is 5.73 Å². The zero-order chi connectivity index (χ0) is 14.9. The summed E-state index contributed by atoms with van der Waals surface area (Å²) in [5, 5.41) is 1.82. The van der Waals surface area contributed by atoms with Crippen molar-refractivity contribution in [3.63, 3.8) is 0 Å². The SMILES string of the molecule is NC1(C(=O)Nc2c(F)c(F)cc(F)c2F)CCOCC1. The van der Waals surface area contributed by atoms with Gasteiger partial charge in [-0.2, -0.15) is 0 Å². The fourth-order valence-electron chi connectivity index (χ4n) is 1.88. The second-order valence-electron chi connectivity index (χ2n) is 4.57. The normalized spacial score (nSPS) is 17.9. The third-order valence-corrected chi connectivity index (χ3v) is 3.19. The highest BCUT2D eigenvalue weighted by Crippen LogP contribution is 2.26. The molecule has 0 saturated carbocycles. The minimum Gasteiger partial charge on any atom is -0.381 e. The van der Waals surface area contributed by atoms with E-state index in [1.54, 1.807) is 0 Å². The number of halogens is 4. The molecule has 4 nitrogen and oxygen atoms in total. The van der Waals surface area contributed by atoms with Gasteiger partial charge in [-0.05, 0) is 12.8 Å². The van der Waals surface area contributed by atoms with Crippen LogP contribution in [0.15, 0.2) is 6.07 Å². The number of hydrogen-bond donors (Lipinski definition) is 2. The molecule has 1 aliphatic heterocycles. The van der Waals surface area contributed by atoms with Crippen molar-refractivity contribution in [1.82, 2.24) is 0 Å². The van der Waals surface area contributed by atoms with Gasteiger partial charge < -0.3 is 15.8 Å². The highest BCUT2D eigenvalue weighted by atomic mass is 19.2. The van der Waals surface area contributed by atoms with Crippen molar-refractivity contribution in [1.29, 1.82) is 0 Å². The summed E-state index contributed by atoms with van der Waals surface area (Å²) in [5.74, 6) is -7.46. The van der Waals surface area contributed by atoms with Crippen molar-refractivity contribution >= 4 is 11.6 Å². The van der Waals surface area contributed by atoms with Crippen molar-refractivity contribution < 1.29 is 27.1 Å². The van der Waals surface area contributed by atoms with Crippen LogP contribution >= 0.6 is 0 Å². The Kier molecular flexibility index (Phi) is 3.96. The van der Waals surface area contributed by atoms with Crippen molar-refractivity contribution in [2.45, 2.75) is 18.4 Å². The standard InChI is InChI=1S/C12H12F4N2O2/c13-6-5-7(14)9(16)10(8(6)15)18-11(19)12(17)1-3-20-4-2-12/h5H,1-4,17H2,(H,18,19). The Morgan fingerprint density at radius 1 is 1.15 bits per heavy atom. The summed E-state index contributed by atoms with van der Waals surface area (Å²) in [4.78, 5) is 11.9. The molecular weight excluding hydrogens is 280 g/mol. The molecule has 0 unspecified atom stereocenters. The molecule has 1 aromatic rings. The topological polar surface area (TPSA) is 64.4 Å². The van der Waals surface area contributed by atoms with Crippen LogP contribution in [-0.4, -0.2) is 24.7 Å². The fraction of sp³-hybridized carbons (Fsp3) is 0.417. The maximum Gasteiger partial charge on any atom is 0.244 e. The maximum absolute atomic E-state index is 13.4. The van der Waals surface area contributed by atoms with Crippen LogP contribution in [0.1, 0.15) is 12.8 Å². The van der Waals surface area contributed by atoms with Gasteiger partial charge in [0.15, 0.2) is 23.3 Å². The van der Waals surface area contributed by atoms with Crippen LogP contribution in [-0.2, 0) is 9.53 Å². The number of carbonyl (C=O) groups is 1. The van der Waals surface area contributed by atoms with E-state index in [4.69, 9.17) is 10.5 Å². The molecule has 0 aromatic heterocycles. The molecule has 0 aliphatic carbocycles. The lowest BCUT2D eigenvalue weighted by Crippen LogP contribution is -2.54. The predicted molar refractivity (Wildman–Crippen MR) is 61.9 cm³/mol. The summed E-state index contributed by atoms with van der Waals surface area (Å²) in [6, 6.07) is 0.0625. The highest BCUT2D eigenvalue weighted by Gasteiger charge is 2.37. The van der Waals surface area contributed by atoms with Gasteiger partial charge in [-0.15, -0.1) is 0 Å². The van der Waals surface area contributed by atoms with E-state index in [0.717, 1.165) is 0 Å². The molecule has 2 rings (SSSR count). The fourth-order valence-corrected chi connectivity index (χ4v) is 1.88. The molecule has 8 heteroatoms. The molecule has 0 atom stereocenters. The maximum atomic E-state index is 13.4. The number of benzene rings is 1. The van der Waals surface area contributed by atoms with Gasteiger partial charge in [0.1, 0.15) is 11.2 Å². The van der Waals surface area contributed by atoms with Crippen molar-refractivity contribution in [3.05, 3.63) is 29.3 Å². The number of anilines is 1. The number of carbonyl (C=O) groups excluding carboxylic acids is 1. The van der Waals surface area contributed by atoms with E-state index in [2.05, 4.69) is 0 Å². The van der Waals surface area contributed by atoms with Crippen LogP contribution in [0, 0.1) is 23.3 Å². The summed E-state index contributed by atoms with van der Waals surface area (Å²) >= 11 is 0. The summed E-state index contributed by atoms with van der Waals surface area (Å²) < 4.78 is 57.9. The Morgan fingerprint density at radius 2 is 1.65 bits per heavy atom. The van der Waals surface area contributed by atoms with E-state index in [-0.39, 0.29) is 32.1 Å². The minimum absolute atomic E-state index is 0.0625. The molecule has 1 fully saturated rings. The average molecular weight is 292 g/mol. The summed E-state index contributed by atoms with van der Waals surface area (Å²) in [5.41, 5.74) is 3.24. The predicted octanol–water partition coefficient (Wildman–Crippen LogP) is 1.69. The number of ether oxygens (including phenoxy) is 1. The third-order valence-electron chi connectivity index (χ3n) is 3.19. The second kappa shape index (κ2) is 5.37. The van der Waals surface area contributed by atoms with Gasteiger partial charge in [0.25, 0.3) is 0 Å². The average Bonchev–Trinajstić information content (AvgIpc) is 2.42. The monoisotopic (exact) mass is 292 g/mol. The van der Waals surface area contributed by atoms with Crippen molar-refractivity contribution in [2.75, 3.05) is 18.5 Å². The van der Waals surface area contributed by atoms with Crippen LogP contribution in [0.3, 0.4) is 0 Å². The largest absolute Gasteiger partial charge is 0.381 e. The molecule has 1 heterocycles. The zero-order valence-electron chi connectivity index (χ0n) is 10.3. The first-order chi connectivity index (χ1) is 9.35. The van der Waals surface area contributed by atoms with Gasteiger partial charge in [0.2, 0.25) is 5.91 Å². The van der Waals surface area contributed by atoms with Crippen LogP contribution in [0.5, 0.6) is 0 Å². The summed E-state index contributed by atoms with van der Waals surface area (Å²) in [6.07, 6.45) is 0.278. The number of hydrogen-bond acceptors (Lipinski definition) is 3. The molecule has 0 radical (unpaired) electrons. The first-order valence-corrected chi connectivity index (χ1v) is 5.86. The second-order valence-corrected chi connectivity index (χ2v) is 4.57. The minimum atomic E-state index is -1.67. The zero-order valence-corrected chi connectivity index (χ0v) is 10.3. The molecule has 1 aromatic carbocycles. The molecule has 0 spiro atoms. The number of rotatable bonds is 2. The van der Waals surface area contributed by atoms with Gasteiger partial charge in [0, 0.05) is 19.3 Å². The van der Waals surface area contributed by atoms with E-state index >= 15 is 0 Å². The first-order valence-electron chi connectivity index (χ1n) is 5.86. The highest BCUT2D eigenvalue weighted by molar-refractivity contribution is 5.98. The Bertz CT molecular complexity index is 518. The lowest BCUT2D eigenvalue weighted by molar-refractivity contribution is -0.124. The molecule has 3 N–H and O–H groups in total. The Balaban J connectivity index is 2.28. The smallest absolute Gasteiger partial charge is 0.244 e. The van der Waals surface area contributed by atoms with E-state index in [1.807, 2.05) is 5.32 Å². The molecule has 0 bridgehead atoms. The van der Waals surface area contributed by atoms with Gasteiger partial charge in [-0.25, -0.2) is 17.6 Å². The Morgan fingerprint density at radius 3 is 2.15 bits per heavy atom. The molecule has 110 valence electrons. The van der Waals surface area contributed by atoms with Crippen molar-refractivity contribution in [3.8, 4) is 0 Å². The number of nitrogens with two attached hydrogens (primary N) is 1. The molecular formula is C12H12F4N2O2. The van der Waals surface area contributed by atoms with Gasteiger partial charge in [-0.1, -0.05) is 0 Å². The van der Waals surface area contributed by atoms with Crippen LogP contribution in [0.2, 0.25) is 0 Å². The van der Waals surface area contributed by atoms with Gasteiger partial charge in [-0.3, -0.25) is 4.79 Å². The lowest BCUT2D eigenvalue weighted by atomic mass is 9.90. The first kappa shape index (κ1) is 14.7.